The largest absolute Gasteiger partial charge is 0.355 e. The molecular formula is C26H37N7O3S. The van der Waals surface area contributed by atoms with Crippen LogP contribution < -0.4 is 15.4 Å². The molecule has 1 aliphatic heterocycles. The van der Waals surface area contributed by atoms with E-state index in [4.69, 9.17) is 15.8 Å². The van der Waals surface area contributed by atoms with Crippen LogP contribution in [-0.4, -0.2) is 65.8 Å². The maximum atomic E-state index is 13.9. The van der Waals surface area contributed by atoms with E-state index in [1.807, 2.05) is 33.0 Å². The lowest BCUT2D eigenvalue weighted by atomic mass is 10.0. The number of aromatic nitrogens is 3. The Bertz CT molecular complexity index is 1400. The number of carbonyl (C=O) groups excluding carboxylic acids is 1. The summed E-state index contributed by atoms with van der Waals surface area (Å²) in [4.78, 5) is 22.8. The number of nitrogens with two attached hydrogens (primary N) is 1. The molecule has 2 aromatic heterocycles. The van der Waals surface area contributed by atoms with Crippen molar-refractivity contribution in [2.75, 3.05) is 35.5 Å². The maximum absolute atomic E-state index is 13.9. The first-order valence-electron chi connectivity index (χ1n) is 12.8. The second-order valence-electron chi connectivity index (χ2n) is 9.93. The molecule has 0 unspecified atom stereocenters. The topological polar surface area (TPSA) is 126 Å². The number of nitrogens with zero attached hydrogens (tertiary/aromatic N) is 5. The van der Waals surface area contributed by atoms with E-state index in [9.17, 15) is 13.2 Å². The van der Waals surface area contributed by atoms with E-state index in [0.717, 1.165) is 60.5 Å². The minimum absolute atomic E-state index is 0.152. The Hall–Kier alpha value is -3.18. The average Bonchev–Trinajstić information content (AvgIpc) is 3.44. The highest BCUT2D eigenvalue weighted by atomic mass is 32.2. The predicted octanol–water partition coefficient (Wildman–Crippen LogP) is 3.26. The normalized spacial score (nSPS) is 16.8. The standard InChI is InChI=1S/C26H37N7O3S/c1-6-8-23(32(7-2)26(34)20-13-17(3)9-10-21(20)30-37(5,35)36)22-14-24-28-25(18(4)15-33(24)29-22)31-12-11-19(27)16-31/h9-10,13-15,19,23,30H,6-8,11-12,16,27H2,1-5H3/t19-,23-/m0/s1. The van der Waals surface area contributed by atoms with Gasteiger partial charge in [0.05, 0.1) is 29.2 Å². The Balaban J connectivity index is 1.72. The molecule has 1 saturated heterocycles. The first-order valence-corrected chi connectivity index (χ1v) is 14.7. The molecule has 1 aliphatic rings. The van der Waals surface area contributed by atoms with Crippen LogP contribution in [0.3, 0.4) is 0 Å². The van der Waals surface area contributed by atoms with Crippen molar-refractivity contribution in [3.05, 3.63) is 52.8 Å². The number of nitrogens with one attached hydrogen (secondary N) is 1. The molecule has 200 valence electrons. The van der Waals surface area contributed by atoms with Crippen LogP contribution in [-0.2, 0) is 10.0 Å². The van der Waals surface area contributed by atoms with Crippen molar-refractivity contribution < 1.29 is 13.2 Å². The van der Waals surface area contributed by atoms with Gasteiger partial charge in [0.25, 0.3) is 5.91 Å². The van der Waals surface area contributed by atoms with Gasteiger partial charge in [-0.2, -0.15) is 5.10 Å². The van der Waals surface area contributed by atoms with E-state index in [0.29, 0.717) is 18.5 Å². The fourth-order valence-corrected chi connectivity index (χ4v) is 5.58. The SMILES string of the molecule is CCC[C@@H](c1cc2nc(N3CC[C@H](N)C3)c(C)cn2n1)N(CC)C(=O)c1cc(C)ccc1NS(C)(=O)=O. The number of hydrogen-bond donors (Lipinski definition) is 2. The Morgan fingerprint density at radius 3 is 2.65 bits per heavy atom. The van der Waals surface area contributed by atoms with Crippen LogP contribution in [0.25, 0.3) is 5.65 Å². The molecule has 37 heavy (non-hydrogen) atoms. The fourth-order valence-electron chi connectivity index (χ4n) is 5.00. The van der Waals surface area contributed by atoms with Gasteiger partial charge in [-0.3, -0.25) is 9.52 Å². The molecule has 3 N–H and O–H groups in total. The summed E-state index contributed by atoms with van der Waals surface area (Å²) in [7, 11) is -3.55. The molecule has 10 nitrogen and oxygen atoms in total. The van der Waals surface area contributed by atoms with Crippen molar-refractivity contribution in [3.63, 3.8) is 0 Å². The lowest BCUT2D eigenvalue weighted by Crippen LogP contribution is -2.35. The second-order valence-corrected chi connectivity index (χ2v) is 11.7. The molecule has 1 amide bonds. The van der Waals surface area contributed by atoms with Crippen LogP contribution in [0.4, 0.5) is 11.5 Å². The minimum atomic E-state index is -3.55. The third kappa shape index (κ3) is 5.88. The molecule has 0 spiro atoms. The van der Waals surface area contributed by atoms with Crippen molar-refractivity contribution >= 4 is 33.1 Å². The number of anilines is 2. The van der Waals surface area contributed by atoms with E-state index in [-0.39, 0.29) is 23.7 Å². The highest BCUT2D eigenvalue weighted by molar-refractivity contribution is 7.92. The molecule has 3 heterocycles. The lowest BCUT2D eigenvalue weighted by Gasteiger charge is -2.30. The first kappa shape index (κ1) is 26.9. The van der Waals surface area contributed by atoms with Gasteiger partial charge < -0.3 is 15.5 Å². The number of amides is 1. The molecule has 1 aromatic carbocycles. The summed E-state index contributed by atoms with van der Waals surface area (Å²) in [6, 6.07) is 6.95. The highest BCUT2D eigenvalue weighted by Crippen LogP contribution is 2.31. The summed E-state index contributed by atoms with van der Waals surface area (Å²) in [5.41, 5.74) is 10.1. The molecule has 0 bridgehead atoms. The van der Waals surface area contributed by atoms with Crippen LogP contribution in [0.5, 0.6) is 0 Å². The average molecular weight is 528 g/mol. The van der Waals surface area contributed by atoms with E-state index >= 15 is 0 Å². The van der Waals surface area contributed by atoms with E-state index in [1.165, 1.54) is 0 Å². The zero-order chi connectivity index (χ0) is 26.9. The third-order valence-electron chi connectivity index (χ3n) is 6.73. The Labute approximate surface area is 218 Å². The number of carbonyl (C=O) groups is 1. The number of fused-ring (bicyclic) bond motifs is 1. The predicted molar refractivity (Wildman–Crippen MR) is 147 cm³/mol. The molecule has 2 atom stereocenters. The van der Waals surface area contributed by atoms with Crippen LogP contribution in [0.1, 0.15) is 66.3 Å². The Kier molecular flexibility index (Phi) is 7.75. The van der Waals surface area contributed by atoms with Crippen molar-refractivity contribution in [2.45, 2.75) is 59.0 Å². The molecule has 1 fully saturated rings. The van der Waals surface area contributed by atoms with Gasteiger partial charge in [-0.05, 0) is 45.7 Å². The van der Waals surface area contributed by atoms with Crippen LogP contribution in [0, 0.1) is 13.8 Å². The number of hydrogen-bond acceptors (Lipinski definition) is 7. The van der Waals surface area contributed by atoms with Gasteiger partial charge in [-0.1, -0.05) is 25.0 Å². The molecule has 0 aliphatic carbocycles. The van der Waals surface area contributed by atoms with Gasteiger partial charge >= 0.3 is 0 Å². The summed E-state index contributed by atoms with van der Waals surface area (Å²) in [6.45, 7) is 9.99. The van der Waals surface area contributed by atoms with Crippen molar-refractivity contribution in [1.82, 2.24) is 19.5 Å². The van der Waals surface area contributed by atoms with Crippen LogP contribution in [0.2, 0.25) is 0 Å². The zero-order valence-corrected chi connectivity index (χ0v) is 23.0. The third-order valence-corrected chi connectivity index (χ3v) is 7.32. The minimum Gasteiger partial charge on any atom is -0.355 e. The number of rotatable bonds is 9. The van der Waals surface area contributed by atoms with Crippen LogP contribution in [0.15, 0.2) is 30.5 Å². The van der Waals surface area contributed by atoms with Gasteiger partial charge in [0.15, 0.2) is 5.65 Å². The quantitative estimate of drug-likeness (QED) is 0.437. The van der Waals surface area contributed by atoms with Crippen molar-refractivity contribution in [1.29, 1.82) is 0 Å². The van der Waals surface area contributed by atoms with Crippen LogP contribution >= 0.6 is 0 Å². The smallest absolute Gasteiger partial charge is 0.256 e. The van der Waals surface area contributed by atoms with Gasteiger partial charge in [0.2, 0.25) is 10.0 Å². The molecule has 0 saturated carbocycles. The van der Waals surface area contributed by atoms with Gasteiger partial charge in [-0.25, -0.2) is 17.9 Å². The molecule has 0 radical (unpaired) electrons. The highest BCUT2D eigenvalue weighted by Gasteiger charge is 2.29. The van der Waals surface area contributed by atoms with Gasteiger partial charge in [0, 0.05) is 43.5 Å². The molecule has 4 rings (SSSR count). The molecule has 3 aromatic rings. The Morgan fingerprint density at radius 1 is 1.27 bits per heavy atom. The maximum Gasteiger partial charge on any atom is 0.256 e. The number of sulfonamides is 1. The fraction of sp³-hybridized carbons (Fsp3) is 0.500. The summed E-state index contributed by atoms with van der Waals surface area (Å²) in [5.74, 6) is 0.669. The number of benzene rings is 1. The summed E-state index contributed by atoms with van der Waals surface area (Å²) in [5, 5.41) is 4.83. The monoisotopic (exact) mass is 527 g/mol. The van der Waals surface area contributed by atoms with E-state index in [1.54, 1.807) is 27.6 Å². The lowest BCUT2D eigenvalue weighted by molar-refractivity contribution is 0.0674. The van der Waals surface area contributed by atoms with Gasteiger partial charge in [-0.15, -0.1) is 0 Å². The summed E-state index contributed by atoms with van der Waals surface area (Å²) >= 11 is 0. The van der Waals surface area contributed by atoms with Crippen molar-refractivity contribution in [2.24, 2.45) is 5.73 Å². The van der Waals surface area contributed by atoms with Crippen molar-refractivity contribution in [3.8, 4) is 0 Å². The summed E-state index contributed by atoms with van der Waals surface area (Å²) in [6.07, 6.45) is 5.54. The van der Waals surface area contributed by atoms with E-state index < -0.39 is 10.0 Å². The summed E-state index contributed by atoms with van der Waals surface area (Å²) < 4.78 is 28.2. The zero-order valence-electron chi connectivity index (χ0n) is 22.2. The molecule has 11 heteroatoms. The molecular weight excluding hydrogens is 490 g/mol. The number of aryl methyl sites for hydroxylation is 2. The Morgan fingerprint density at radius 2 is 2.03 bits per heavy atom. The van der Waals surface area contributed by atoms with E-state index in [2.05, 4.69) is 16.5 Å². The first-order chi connectivity index (χ1) is 17.5. The second kappa shape index (κ2) is 10.7. The van der Waals surface area contributed by atoms with Gasteiger partial charge in [0.1, 0.15) is 5.82 Å².